The minimum Gasteiger partial charge on any atom is -0.493 e. The number of rotatable bonds is 7. The van der Waals surface area contributed by atoms with Crippen LogP contribution < -0.4 is 9.47 Å². The van der Waals surface area contributed by atoms with Gasteiger partial charge in [0.25, 0.3) is 0 Å². The van der Waals surface area contributed by atoms with Gasteiger partial charge in [0.15, 0.2) is 11.5 Å². The topological polar surface area (TPSA) is 76.4 Å². The van der Waals surface area contributed by atoms with Crippen molar-refractivity contribution < 1.29 is 17.9 Å². The molecule has 0 unspecified atom stereocenters. The first-order valence-corrected chi connectivity index (χ1v) is 11.1. The molecule has 6 heteroatoms. The lowest BCUT2D eigenvalue weighted by Crippen LogP contribution is -2.04. The number of nitriles is 1. The van der Waals surface area contributed by atoms with Gasteiger partial charge in [0, 0.05) is 5.56 Å². The van der Waals surface area contributed by atoms with E-state index in [9.17, 15) is 13.7 Å². The Morgan fingerprint density at radius 2 is 1.68 bits per heavy atom. The number of para-hydroxylation sites is 1. The number of allylic oxidation sites excluding steroid dienone is 1. The number of nitrogens with zero attached hydrogens (tertiary/aromatic N) is 1. The largest absolute Gasteiger partial charge is 0.493 e. The molecular formula is C25H23NO4S. The van der Waals surface area contributed by atoms with Crippen molar-refractivity contribution in [1.29, 1.82) is 5.26 Å². The van der Waals surface area contributed by atoms with Gasteiger partial charge < -0.3 is 9.47 Å². The summed E-state index contributed by atoms with van der Waals surface area (Å²) in [6, 6.07) is 21.0. The number of hydrogen-bond acceptors (Lipinski definition) is 5. The molecule has 0 amide bonds. The fraction of sp³-hybridized carbons (Fsp3) is 0.160. The molecule has 5 nitrogen and oxygen atoms in total. The van der Waals surface area contributed by atoms with Gasteiger partial charge in [-0.05, 0) is 43.7 Å². The van der Waals surface area contributed by atoms with Gasteiger partial charge in [-0.3, -0.25) is 0 Å². The van der Waals surface area contributed by atoms with E-state index in [0.29, 0.717) is 17.1 Å². The summed E-state index contributed by atoms with van der Waals surface area (Å²) >= 11 is 0. The van der Waals surface area contributed by atoms with Gasteiger partial charge >= 0.3 is 0 Å². The third-order valence-electron chi connectivity index (χ3n) is 4.63. The summed E-state index contributed by atoms with van der Waals surface area (Å²) in [7, 11) is -2.45. The summed E-state index contributed by atoms with van der Waals surface area (Å²) in [5.74, 6) is 0.827. The normalized spacial score (nSPS) is 11.6. The number of sulfone groups is 1. The van der Waals surface area contributed by atoms with Crippen LogP contribution in [0.1, 0.15) is 22.3 Å². The summed E-state index contributed by atoms with van der Waals surface area (Å²) in [6.45, 7) is 4.31. The van der Waals surface area contributed by atoms with Crippen LogP contribution in [-0.2, 0) is 16.4 Å². The molecule has 0 saturated heterocycles. The van der Waals surface area contributed by atoms with Crippen LogP contribution in [0.25, 0.3) is 6.08 Å². The predicted octanol–water partition coefficient (Wildman–Crippen LogP) is 5.23. The van der Waals surface area contributed by atoms with Crippen molar-refractivity contribution in [2.75, 3.05) is 7.11 Å². The molecule has 0 aliphatic rings. The monoisotopic (exact) mass is 433 g/mol. The molecule has 0 spiro atoms. The highest BCUT2D eigenvalue weighted by molar-refractivity contribution is 7.95. The van der Waals surface area contributed by atoms with E-state index in [0.717, 1.165) is 16.7 Å². The van der Waals surface area contributed by atoms with E-state index in [-0.39, 0.29) is 16.4 Å². The Kier molecular flexibility index (Phi) is 6.78. The van der Waals surface area contributed by atoms with Crippen molar-refractivity contribution in [2.24, 2.45) is 0 Å². The van der Waals surface area contributed by atoms with Crippen LogP contribution in [-0.4, -0.2) is 15.5 Å². The highest BCUT2D eigenvalue weighted by atomic mass is 32.2. The smallest absolute Gasteiger partial charge is 0.216 e. The fourth-order valence-electron chi connectivity index (χ4n) is 3.31. The molecule has 3 rings (SSSR count). The highest BCUT2D eigenvalue weighted by Gasteiger charge is 2.22. The molecule has 0 aromatic heterocycles. The Labute approximate surface area is 183 Å². The van der Waals surface area contributed by atoms with Crippen molar-refractivity contribution in [3.63, 3.8) is 0 Å². The first-order chi connectivity index (χ1) is 14.8. The van der Waals surface area contributed by atoms with Crippen molar-refractivity contribution in [1.82, 2.24) is 0 Å². The van der Waals surface area contributed by atoms with E-state index in [1.54, 1.807) is 36.4 Å². The van der Waals surface area contributed by atoms with E-state index >= 15 is 0 Å². The SMILES string of the molecule is COc1cccc(C=C(C#N)S(=O)(=O)c2ccccc2)c1OCc1cc(C)cc(C)c1. The third-order valence-corrected chi connectivity index (χ3v) is 6.31. The number of hydrogen-bond donors (Lipinski definition) is 0. The van der Waals surface area contributed by atoms with Gasteiger partial charge in [-0.25, -0.2) is 8.42 Å². The predicted molar refractivity (Wildman–Crippen MR) is 120 cm³/mol. The average Bonchev–Trinajstić information content (AvgIpc) is 2.76. The van der Waals surface area contributed by atoms with Crippen molar-refractivity contribution in [2.45, 2.75) is 25.3 Å². The third kappa shape index (κ3) is 5.14. The van der Waals surface area contributed by atoms with Gasteiger partial charge in [0.1, 0.15) is 17.6 Å². The zero-order valence-corrected chi connectivity index (χ0v) is 18.4. The van der Waals surface area contributed by atoms with Crippen molar-refractivity contribution >= 4 is 15.9 Å². The van der Waals surface area contributed by atoms with Crippen LogP contribution in [0.15, 0.2) is 76.5 Å². The van der Waals surface area contributed by atoms with E-state index < -0.39 is 9.84 Å². The second-order valence-corrected chi connectivity index (χ2v) is 9.02. The maximum absolute atomic E-state index is 12.9. The lowest BCUT2D eigenvalue weighted by atomic mass is 10.1. The Morgan fingerprint density at radius 3 is 2.29 bits per heavy atom. The number of benzene rings is 3. The molecule has 0 atom stereocenters. The van der Waals surface area contributed by atoms with Crippen LogP contribution >= 0.6 is 0 Å². The Bertz CT molecular complexity index is 1240. The van der Waals surface area contributed by atoms with Crippen LogP contribution in [0.3, 0.4) is 0 Å². The van der Waals surface area contributed by atoms with Crippen LogP contribution in [0, 0.1) is 25.2 Å². The Morgan fingerprint density at radius 1 is 1.00 bits per heavy atom. The second kappa shape index (κ2) is 9.50. The van der Waals surface area contributed by atoms with E-state index in [2.05, 4.69) is 6.07 Å². The van der Waals surface area contributed by atoms with Crippen molar-refractivity contribution in [3.8, 4) is 17.6 Å². The van der Waals surface area contributed by atoms with E-state index in [4.69, 9.17) is 9.47 Å². The second-order valence-electron chi connectivity index (χ2n) is 7.10. The molecule has 0 aliphatic heterocycles. The summed E-state index contributed by atoms with van der Waals surface area (Å²) in [5, 5.41) is 9.60. The molecule has 158 valence electrons. The molecular weight excluding hydrogens is 410 g/mol. The molecule has 0 fully saturated rings. The molecule has 3 aromatic carbocycles. The number of methoxy groups -OCH3 is 1. The summed E-state index contributed by atoms with van der Waals surface area (Å²) in [5.41, 5.74) is 3.68. The molecule has 0 aliphatic carbocycles. The maximum atomic E-state index is 12.9. The summed E-state index contributed by atoms with van der Waals surface area (Å²) in [4.78, 5) is -0.313. The molecule has 31 heavy (non-hydrogen) atoms. The van der Waals surface area contributed by atoms with Crippen LogP contribution in [0.4, 0.5) is 0 Å². The van der Waals surface area contributed by atoms with Gasteiger partial charge in [-0.1, -0.05) is 59.7 Å². The fourth-order valence-corrected chi connectivity index (χ4v) is 4.48. The minimum absolute atomic E-state index is 0.0587. The molecule has 0 saturated carbocycles. The average molecular weight is 434 g/mol. The van der Waals surface area contributed by atoms with Gasteiger partial charge in [-0.2, -0.15) is 5.26 Å². The lowest BCUT2D eigenvalue weighted by Gasteiger charge is -2.14. The first-order valence-electron chi connectivity index (χ1n) is 9.64. The van der Waals surface area contributed by atoms with Gasteiger partial charge in [-0.15, -0.1) is 0 Å². The number of aryl methyl sites for hydroxylation is 2. The Balaban J connectivity index is 2.02. The summed E-state index contributed by atoms with van der Waals surface area (Å²) in [6.07, 6.45) is 1.32. The van der Waals surface area contributed by atoms with Gasteiger partial charge in [0.2, 0.25) is 9.84 Å². The zero-order chi connectivity index (χ0) is 22.4. The van der Waals surface area contributed by atoms with Gasteiger partial charge in [0.05, 0.1) is 12.0 Å². The van der Waals surface area contributed by atoms with Crippen molar-refractivity contribution in [3.05, 3.63) is 93.9 Å². The Hall–Kier alpha value is -3.56. The maximum Gasteiger partial charge on any atom is 0.216 e. The summed E-state index contributed by atoms with van der Waals surface area (Å²) < 4.78 is 37.3. The van der Waals surface area contributed by atoms with Crippen LogP contribution in [0.2, 0.25) is 0 Å². The van der Waals surface area contributed by atoms with Crippen LogP contribution in [0.5, 0.6) is 11.5 Å². The molecule has 3 aromatic rings. The van der Waals surface area contributed by atoms with E-state index in [1.165, 1.54) is 25.3 Å². The quantitative estimate of drug-likeness (QED) is 0.477. The highest BCUT2D eigenvalue weighted by Crippen LogP contribution is 2.34. The number of ether oxygens (including phenoxy) is 2. The molecule has 0 bridgehead atoms. The molecule has 0 heterocycles. The first kappa shape index (κ1) is 22.1. The zero-order valence-electron chi connectivity index (χ0n) is 17.6. The van der Waals surface area contributed by atoms with E-state index in [1.807, 2.05) is 32.0 Å². The molecule has 0 N–H and O–H groups in total. The minimum atomic E-state index is -3.96. The lowest BCUT2D eigenvalue weighted by molar-refractivity contribution is 0.284. The molecule has 0 radical (unpaired) electrons. The standard InChI is InChI=1S/C25H23NO4S/c1-18-12-19(2)14-20(13-18)17-30-25-21(8-7-11-24(25)29-3)15-23(16-26)31(27,28)22-9-5-4-6-10-22/h4-15H,17H2,1-3H3.